The highest BCUT2D eigenvalue weighted by atomic mass is 32.2. The molecule has 0 radical (unpaired) electrons. The molecule has 16 rings (SSSR count). The smallest absolute Gasteiger partial charge is 0.493 e. The van der Waals surface area contributed by atoms with E-state index in [1.165, 1.54) is 110 Å². The first-order valence-electron chi connectivity index (χ1n) is 48.1. The van der Waals surface area contributed by atoms with Crippen LogP contribution in [0, 0.1) is 0 Å². The number of nitrogens with one attached hydrogen (secondary N) is 3. The second-order valence-electron chi connectivity index (χ2n) is 47.6. The fourth-order valence-corrected chi connectivity index (χ4v) is 17.1. The molecule has 2 unspecified atom stereocenters. The summed E-state index contributed by atoms with van der Waals surface area (Å²) in [7, 11) is 0. The van der Waals surface area contributed by atoms with Crippen molar-refractivity contribution in [3.63, 3.8) is 0 Å². The standard InChI is InChI=1S/C19H29NO2.C18H27NO2.C15H22O.C14H20.C13H15F3O2.C12H15NOS.C12H17NO.C11H12F2O2/c1-18(2,3)14-11-10-13-8-7-9-16(15(13)12-14)20-17(21)22-19(4,5)6;1-17(2,3)15-9-7-8-13-12-19(11-10-14(13)15)16(20)21-18(4,5)6;1-14(2,3)11-6-7-12-13(10-11)16-9-8-15(12,4)5;1-14(2,3)13-9-8-11-6-4-5-7-12(11)10-13;1-11(2,3)8-5-6-9-10(7-8)18-13(15,16)12(4,14)17-9;1-12(2,3)8-4-5-10-9(6-8)13-11(14)7-15-10;1-12(2,3)9-4-5-11-10(8-9)13-6-7-14-11;1-10(2,3)7-4-5-8-9(6-7)15-11(12,13)14-8/h10-12,16H,7-9H2,1-6H3,(H,20,21);7-9H,10-12H2,1-6H3;6-7,10H,8-9H2,1-5H3;8-10H,4-7H2,1-3H3;5-7H,1-4H3;4-6H,7H2,1-3H3,(H,13,14);4-5,8,13H,6-7H2,1-3H3;4-6H,1-3H3. The number of alkyl halides is 5. The summed E-state index contributed by atoms with van der Waals surface area (Å²) >= 11 is 1.60. The van der Waals surface area contributed by atoms with Crippen LogP contribution in [0.4, 0.5) is 42.9 Å². The van der Waals surface area contributed by atoms with Crippen LogP contribution < -0.4 is 44.4 Å². The maximum Gasteiger partial charge on any atom is 0.586 e. The molecule has 6 heterocycles. The van der Waals surface area contributed by atoms with Crippen LogP contribution >= 0.6 is 11.8 Å². The van der Waals surface area contributed by atoms with Crippen LogP contribution in [-0.4, -0.2) is 84.5 Å². The van der Waals surface area contributed by atoms with Gasteiger partial charge in [0.2, 0.25) is 5.91 Å². The third kappa shape index (κ3) is 30.9. The molecule has 0 fully saturated rings. The van der Waals surface area contributed by atoms with Crippen molar-refractivity contribution in [3.8, 4) is 34.5 Å². The van der Waals surface area contributed by atoms with Crippen LogP contribution in [0.5, 0.6) is 34.5 Å². The predicted molar refractivity (Wildman–Crippen MR) is 542 cm³/mol. The predicted octanol–water partition coefficient (Wildman–Crippen LogP) is 30.2. The summed E-state index contributed by atoms with van der Waals surface area (Å²) in [5.41, 5.74) is 21.9. The Bertz CT molecular complexity index is 5360. The lowest BCUT2D eigenvalue weighted by Gasteiger charge is -2.36. The fraction of sp³-hybridized carbons (Fsp3) is 0.553. The molecule has 135 heavy (non-hydrogen) atoms. The summed E-state index contributed by atoms with van der Waals surface area (Å²) in [5.74, 6) is -0.432. The molecule has 3 amide bonds. The van der Waals surface area contributed by atoms with Crippen molar-refractivity contribution >= 4 is 41.2 Å². The summed E-state index contributed by atoms with van der Waals surface area (Å²) in [6.07, 6.45) is 2.43. The van der Waals surface area contributed by atoms with E-state index in [-0.39, 0.29) is 90.5 Å². The first-order valence-corrected chi connectivity index (χ1v) is 49.1. The Morgan fingerprint density at radius 1 is 0.444 bits per heavy atom. The van der Waals surface area contributed by atoms with Crippen molar-refractivity contribution in [3.05, 3.63) is 229 Å². The number of anilines is 2. The number of thioether (sulfide) groups is 1. The molecular weight excluding hydrogens is 1730 g/mol. The molecule has 15 nitrogen and oxygen atoms in total. The number of amides is 3. The third-order valence-electron chi connectivity index (χ3n) is 24.7. The van der Waals surface area contributed by atoms with Gasteiger partial charge in [0, 0.05) is 31.5 Å². The molecule has 8 aromatic carbocycles. The number of halogens is 5. The number of hydrogen-bond acceptors (Lipinski definition) is 13. The zero-order valence-electron chi connectivity index (χ0n) is 87.3. The Balaban J connectivity index is 0.000000174. The molecule has 21 heteroatoms. The van der Waals surface area contributed by atoms with Gasteiger partial charge in [0.05, 0.1) is 29.8 Å². The van der Waals surface area contributed by atoms with E-state index in [0.717, 1.165) is 92.4 Å². The van der Waals surface area contributed by atoms with E-state index in [2.05, 4.69) is 283 Å². The zero-order valence-corrected chi connectivity index (χ0v) is 88.1. The molecule has 8 aliphatic rings. The van der Waals surface area contributed by atoms with Crippen LogP contribution in [-0.2, 0) is 95.2 Å². The maximum absolute atomic E-state index is 13.6. The number of rotatable bonds is 1. The SMILES string of the molecule is CC(C)(C)OC(=O)N1CCc2c(cccc2C(C)(C)C)C1.CC(C)(C)OC(=O)NC1CCCc2ccc(C(C)(C)C)cc21.CC(C)(C)c1ccc2c(c1)CCCC2.CC(C)(C)c1ccc2c(c1)NC(=O)CS2.CC(C)(C)c1ccc2c(c1)NCCO2.CC(C)(C)c1ccc2c(c1)OC(F)(F)C(C)(F)O2.CC(C)(C)c1ccc2c(c1)OC(F)(F)O2.CC(C)(C)c1ccc2c(c1)OCCC2(C)C. The number of benzene rings is 8. The minimum Gasteiger partial charge on any atom is -0.493 e. The highest BCUT2D eigenvalue weighted by molar-refractivity contribution is 8.00. The molecule has 8 aromatic rings. The van der Waals surface area contributed by atoms with Gasteiger partial charge < -0.3 is 58.7 Å². The highest BCUT2D eigenvalue weighted by Gasteiger charge is 2.60. The molecule has 2 atom stereocenters. The number of alkyl carbamates (subject to hydrolysis) is 1. The van der Waals surface area contributed by atoms with Crippen molar-refractivity contribution in [1.29, 1.82) is 0 Å². The summed E-state index contributed by atoms with van der Waals surface area (Å²) < 4.78 is 106. The molecule has 0 aromatic heterocycles. The van der Waals surface area contributed by atoms with Gasteiger partial charge in [-0.05, 0) is 286 Å². The quantitative estimate of drug-likeness (QED) is 0.133. The first-order chi connectivity index (χ1) is 61.9. The third-order valence-corrected chi connectivity index (χ3v) is 25.7. The Hall–Kier alpha value is -9.63. The zero-order chi connectivity index (χ0) is 101. The van der Waals surface area contributed by atoms with Gasteiger partial charge in [0.25, 0.3) is 0 Å². The fourth-order valence-electron chi connectivity index (χ4n) is 16.3. The van der Waals surface area contributed by atoms with Crippen molar-refractivity contribution in [2.24, 2.45) is 0 Å². The normalized spacial score (nSPS) is 18.2. The van der Waals surface area contributed by atoms with Crippen LogP contribution in [0.2, 0.25) is 0 Å². The summed E-state index contributed by atoms with van der Waals surface area (Å²) in [6.45, 7) is 72.5. The number of fused-ring (bicyclic) bond motifs is 8. The van der Waals surface area contributed by atoms with Crippen LogP contribution in [0.25, 0.3) is 0 Å². The van der Waals surface area contributed by atoms with Crippen molar-refractivity contribution in [2.75, 3.05) is 42.7 Å². The van der Waals surface area contributed by atoms with Gasteiger partial charge in [-0.1, -0.05) is 271 Å². The van der Waals surface area contributed by atoms with Crippen LogP contribution in [0.3, 0.4) is 0 Å². The minimum absolute atomic E-state index is 0.0149. The summed E-state index contributed by atoms with van der Waals surface area (Å²) in [5, 5.41) is 9.31. The van der Waals surface area contributed by atoms with E-state index in [9.17, 15) is 36.3 Å². The molecular formula is C114H157F5N4O11S. The van der Waals surface area contributed by atoms with Crippen LogP contribution in [0.15, 0.2) is 150 Å². The van der Waals surface area contributed by atoms with Gasteiger partial charge in [0.15, 0.2) is 23.0 Å². The maximum atomic E-state index is 13.6. The van der Waals surface area contributed by atoms with Gasteiger partial charge in [-0.15, -0.1) is 20.5 Å². The second-order valence-corrected chi connectivity index (χ2v) is 48.7. The first kappa shape index (κ1) is 109. The Kier molecular flexibility index (Phi) is 33.9. The molecule has 0 saturated heterocycles. The van der Waals surface area contributed by atoms with E-state index in [1.807, 2.05) is 83.1 Å². The number of carbonyl (C=O) groups is 3. The Morgan fingerprint density at radius 2 is 0.904 bits per heavy atom. The van der Waals surface area contributed by atoms with Crippen molar-refractivity contribution in [2.45, 2.75) is 382 Å². The van der Waals surface area contributed by atoms with Crippen molar-refractivity contribution < 1.29 is 74.2 Å². The molecule has 740 valence electrons. The molecule has 3 N–H and O–H groups in total. The second kappa shape index (κ2) is 42.0. The van der Waals surface area contributed by atoms with Gasteiger partial charge in [-0.3, -0.25) is 4.79 Å². The highest BCUT2D eigenvalue weighted by Crippen LogP contribution is 2.49. The minimum atomic E-state index is -4.00. The topological polar surface area (TPSA) is 164 Å². The number of carbonyl (C=O) groups excluding carboxylic acids is 3. The van der Waals surface area contributed by atoms with Gasteiger partial charge in [-0.2, -0.15) is 13.2 Å². The average Bonchev–Trinajstić information content (AvgIpc) is 1.65. The number of ether oxygens (including phenoxy) is 8. The molecule has 2 aliphatic carbocycles. The summed E-state index contributed by atoms with van der Waals surface area (Å²) in [6, 6.07) is 49.2. The number of aryl methyl sites for hydroxylation is 3. The van der Waals surface area contributed by atoms with Gasteiger partial charge >= 0.3 is 30.4 Å². The largest absolute Gasteiger partial charge is 0.586 e. The van der Waals surface area contributed by atoms with E-state index in [4.69, 9.17) is 18.9 Å². The lowest BCUT2D eigenvalue weighted by atomic mass is 9.77. The summed E-state index contributed by atoms with van der Waals surface area (Å²) in [4.78, 5) is 38.5. The lowest BCUT2D eigenvalue weighted by Crippen LogP contribution is -2.53. The van der Waals surface area contributed by atoms with Gasteiger partial charge in [0.1, 0.15) is 29.3 Å². The van der Waals surface area contributed by atoms with Crippen LogP contribution in [0.1, 0.15) is 350 Å². The molecule has 0 bridgehead atoms. The average molecular weight is 1890 g/mol. The van der Waals surface area contributed by atoms with E-state index in [1.54, 1.807) is 46.0 Å². The van der Waals surface area contributed by atoms with E-state index in [0.29, 0.717) is 24.6 Å². The Labute approximate surface area is 809 Å². The number of hydrogen-bond donors (Lipinski definition) is 3. The van der Waals surface area contributed by atoms with Gasteiger partial charge in [-0.25, -0.2) is 9.59 Å². The number of nitrogens with zero attached hydrogens (tertiary/aromatic N) is 1. The van der Waals surface area contributed by atoms with E-state index < -0.39 is 29.5 Å². The molecule has 6 aliphatic heterocycles. The Morgan fingerprint density at radius 3 is 1.46 bits per heavy atom. The monoisotopic (exact) mass is 1890 g/mol. The lowest BCUT2D eigenvalue weighted by molar-refractivity contribution is -0.332. The van der Waals surface area contributed by atoms with E-state index >= 15 is 0 Å². The molecule has 0 saturated carbocycles. The van der Waals surface area contributed by atoms with Crippen molar-refractivity contribution in [1.82, 2.24) is 10.2 Å². The molecule has 0 spiro atoms.